The molecular weight excluding hydrogens is 168 g/mol. The maximum absolute atomic E-state index is 2.25. The van der Waals surface area contributed by atoms with Crippen LogP contribution in [0.15, 0.2) is 0 Å². The van der Waals surface area contributed by atoms with Crippen molar-refractivity contribution in [2.75, 3.05) is 12.5 Å². The van der Waals surface area contributed by atoms with Crippen molar-refractivity contribution in [2.45, 2.75) is 23.0 Å². The molecule has 3 heteroatoms. The third-order valence-corrected chi connectivity index (χ3v) is 4.96. The summed E-state index contributed by atoms with van der Waals surface area (Å²) in [6.45, 7) is 4.50. The summed E-state index contributed by atoms with van der Waals surface area (Å²) in [5.74, 6) is 0. The maximum atomic E-state index is 2.25. The summed E-state index contributed by atoms with van der Waals surface area (Å²) in [6.07, 6.45) is 4.31. The molecular formula is C6H14S3. The molecule has 0 N–H and O–H groups in total. The summed E-state index contributed by atoms with van der Waals surface area (Å²) in [6, 6.07) is 0. The van der Waals surface area contributed by atoms with E-state index in [1.54, 1.807) is 0 Å². The van der Waals surface area contributed by atoms with Crippen molar-refractivity contribution in [3.8, 4) is 0 Å². The van der Waals surface area contributed by atoms with Crippen molar-refractivity contribution in [1.29, 1.82) is 0 Å². The molecule has 0 aliphatic carbocycles. The fourth-order valence-electron chi connectivity index (χ4n) is 0.381. The molecule has 0 aromatic carbocycles. The third-order valence-electron chi connectivity index (χ3n) is 1.05. The maximum Gasteiger partial charge on any atom is 0.0482 e. The Kier molecular flexibility index (Phi) is 6.48. The Bertz CT molecular complexity index is 57.3. The summed E-state index contributed by atoms with van der Waals surface area (Å²) < 4.78 is 1.49. The van der Waals surface area contributed by atoms with E-state index in [1.165, 1.54) is 0 Å². The van der Waals surface area contributed by atoms with Crippen LogP contribution < -0.4 is 0 Å². The molecule has 0 heterocycles. The Hall–Kier alpha value is 1.05. The summed E-state index contributed by atoms with van der Waals surface area (Å²) in [4.78, 5) is 0. The SMILES string of the molecule is CSC(C)SC(C)SC. The van der Waals surface area contributed by atoms with Crippen LogP contribution in [0.5, 0.6) is 0 Å². The molecule has 0 amide bonds. The van der Waals surface area contributed by atoms with Crippen molar-refractivity contribution in [2.24, 2.45) is 0 Å². The number of hydrogen-bond acceptors (Lipinski definition) is 3. The first-order chi connectivity index (χ1) is 4.20. The molecule has 0 aliphatic rings. The highest BCUT2D eigenvalue weighted by atomic mass is 32.2. The first kappa shape index (κ1) is 10.0. The van der Waals surface area contributed by atoms with E-state index in [2.05, 4.69) is 26.4 Å². The van der Waals surface area contributed by atoms with Crippen LogP contribution in [-0.2, 0) is 0 Å². The molecule has 2 atom stereocenters. The summed E-state index contributed by atoms with van der Waals surface area (Å²) in [7, 11) is 0. The van der Waals surface area contributed by atoms with E-state index in [-0.39, 0.29) is 0 Å². The Morgan fingerprint density at radius 2 is 1.22 bits per heavy atom. The van der Waals surface area contributed by atoms with Gasteiger partial charge >= 0.3 is 0 Å². The van der Waals surface area contributed by atoms with Crippen LogP contribution in [0.4, 0.5) is 0 Å². The minimum atomic E-state index is 0.743. The lowest BCUT2D eigenvalue weighted by molar-refractivity contribution is 1.36. The molecule has 2 unspecified atom stereocenters. The van der Waals surface area contributed by atoms with Gasteiger partial charge in [-0.2, -0.15) is 23.5 Å². The van der Waals surface area contributed by atoms with E-state index in [1.807, 2.05) is 35.3 Å². The van der Waals surface area contributed by atoms with Gasteiger partial charge in [0.1, 0.15) is 0 Å². The van der Waals surface area contributed by atoms with Gasteiger partial charge in [-0.25, -0.2) is 0 Å². The lowest BCUT2D eigenvalue weighted by atomic mass is 10.9. The summed E-state index contributed by atoms with van der Waals surface area (Å²) in [5, 5.41) is 0. The highest BCUT2D eigenvalue weighted by molar-refractivity contribution is 8.23. The quantitative estimate of drug-likeness (QED) is 0.613. The van der Waals surface area contributed by atoms with Gasteiger partial charge in [-0.05, 0) is 26.4 Å². The zero-order chi connectivity index (χ0) is 7.28. The summed E-state index contributed by atoms with van der Waals surface area (Å²) >= 11 is 5.86. The normalized spacial score (nSPS) is 17.3. The monoisotopic (exact) mass is 182 g/mol. The van der Waals surface area contributed by atoms with E-state index < -0.39 is 0 Å². The second kappa shape index (κ2) is 5.81. The van der Waals surface area contributed by atoms with Gasteiger partial charge in [-0.1, -0.05) is 0 Å². The first-order valence-electron chi connectivity index (χ1n) is 2.91. The molecule has 0 aliphatic heterocycles. The smallest absolute Gasteiger partial charge is 0.0482 e. The average molecular weight is 182 g/mol. The molecule has 0 radical (unpaired) electrons. The predicted octanol–water partition coefficient (Wildman–Crippen LogP) is 3.14. The number of rotatable bonds is 4. The lowest BCUT2D eigenvalue weighted by Crippen LogP contribution is -1.95. The van der Waals surface area contributed by atoms with Gasteiger partial charge in [0.25, 0.3) is 0 Å². The van der Waals surface area contributed by atoms with Crippen LogP contribution in [-0.4, -0.2) is 21.7 Å². The largest absolute Gasteiger partial charge is 0.151 e. The van der Waals surface area contributed by atoms with Gasteiger partial charge in [0.2, 0.25) is 0 Å². The molecule has 0 saturated heterocycles. The van der Waals surface area contributed by atoms with Crippen LogP contribution >= 0.6 is 35.3 Å². The molecule has 0 aromatic heterocycles. The molecule has 0 spiro atoms. The highest BCUT2D eigenvalue weighted by Crippen LogP contribution is 2.29. The minimum Gasteiger partial charge on any atom is -0.151 e. The molecule has 0 rings (SSSR count). The highest BCUT2D eigenvalue weighted by Gasteiger charge is 2.04. The molecule has 0 nitrogen and oxygen atoms in total. The topological polar surface area (TPSA) is 0 Å². The van der Waals surface area contributed by atoms with E-state index in [0.717, 1.165) is 9.16 Å². The Morgan fingerprint density at radius 1 is 0.889 bits per heavy atom. The fraction of sp³-hybridized carbons (Fsp3) is 1.00. The number of hydrogen-bond donors (Lipinski definition) is 0. The molecule has 56 valence electrons. The molecule has 0 fully saturated rings. The van der Waals surface area contributed by atoms with Crippen molar-refractivity contribution < 1.29 is 0 Å². The van der Waals surface area contributed by atoms with Gasteiger partial charge < -0.3 is 0 Å². The van der Waals surface area contributed by atoms with Crippen LogP contribution in [0.3, 0.4) is 0 Å². The summed E-state index contributed by atoms with van der Waals surface area (Å²) in [5.41, 5.74) is 0. The lowest BCUT2D eigenvalue weighted by Gasteiger charge is -2.11. The van der Waals surface area contributed by atoms with Gasteiger partial charge in [0, 0.05) is 9.16 Å². The van der Waals surface area contributed by atoms with Gasteiger partial charge in [-0.15, -0.1) is 11.8 Å². The van der Waals surface area contributed by atoms with Crippen LogP contribution in [0, 0.1) is 0 Å². The molecule has 0 saturated carbocycles. The van der Waals surface area contributed by atoms with Crippen molar-refractivity contribution in [1.82, 2.24) is 0 Å². The van der Waals surface area contributed by atoms with E-state index in [0.29, 0.717) is 0 Å². The first-order valence-corrected chi connectivity index (χ1v) is 6.43. The van der Waals surface area contributed by atoms with Crippen molar-refractivity contribution >= 4 is 35.3 Å². The number of thioether (sulfide) groups is 3. The average Bonchev–Trinajstić information content (AvgIpc) is 1.87. The van der Waals surface area contributed by atoms with Crippen LogP contribution in [0.1, 0.15) is 13.8 Å². The predicted molar refractivity (Wildman–Crippen MR) is 53.5 cm³/mol. The fourth-order valence-corrected chi connectivity index (χ4v) is 3.02. The van der Waals surface area contributed by atoms with Crippen molar-refractivity contribution in [3.63, 3.8) is 0 Å². The van der Waals surface area contributed by atoms with Crippen LogP contribution in [0.2, 0.25) is 0 Å². The standard InChI is InChI=1S/C6H14S3/c1-5(7-3)9-6(2)8-4/h5-6H,1-4H3. The molecule has 0 bridgehead atoms. The second-order valence-corrected chi connectivity index (χ2v) is 6.38. The van der Waals surface area contributed by atoms with Gasteiger partial charge in [0.15, 0.2) is 0 Å². The van der Waals surface area contributed by atoms with E-state index in [9.17, 15) is 0 Å². The Balaban J connectivity index is 3.22. The third kappa shape index (κ3) is 5.49. The minimum absolute atomic E-state index is 0.743. The van der Waals surface area contributed by atoms with E-state index >= 15 is 0 Å². The zero-order valence-corrected chi connectivity index (χ0v) is 8.83. The van der Waals surface area contributed by atoms with Crippen molar-refractivity contribution in [3.05, 3.63) is 0 Å². The molecule has 0 aromatic rings. The Morgan fingerprint density at radius 3 is 1.44 bits per heavy atom. The second-order valence-electron chi connectivity index (χ2n) is 1.74. The van der Waals surface area contributed by atoms with Gasteiger partial charge in [-0.3, -0.25) is 0 Å². The molecule has 9 heavy (non-hydrogen) atoms. The van der Waals surface area contributed by atoms with E-state index in [4.69, 9.17) is 0 Å². The Labute approximate surface area is 70.9 Å². The van der Waals surface area contributed by atoms with Crippen LogP contribution in [0.25, 0.3) is 0 Å². The zero-order valence-electron chi connectivity index (χ0n) is 6.38. The van der Waals surface area contributed by atoms with Gasteiger partial charge in [0.05, 0.1) is 0 Å².